The van der Waals surface area contributed by atoms with Gasteiger partial charge in [-0.15, -0.1) is 0 Å². The molecule has 0 saturated carbocycles. The highest BCUT2D eigenvalue weighted by atomic mass is 79.9. The molecule has 0 unspecified atom stereocenters. The van der Waals surface area contributed by atoms with Gasteiger partial charge in [-0.3, -0.25) is 4.79 Å². The van der Waals surface area contributed by atoms with Crippen LogP contribution in [0, 0.1) is 0 Å². The second-order valence-corrected chi connectivity index (χ2v) is 9.71. The van der Waals surface area contributed by atoms with Gasteiger partial charge in [-0.05, 0) is 81.3 Å². The quantitative estimate of drug-likeness (QED) is 0.310. The smallest absolute Gasteiger partial charge is 0.335 e. The second-order valence-electron chi connectivity index (χ2n) is 7.04. The number of thioether (sulfide) groups is 1. The van der Waals surface area contributed by atoms with Crippen LogP contribution in [0.2, 0.25) is 10.0 Å². The highest BCUT2D eigenvalue weighted by molar-refractivity contribution is 9.10. The third kappa shape index (κ3) is 5.82. The van der Waals surface area contributed by atoms with Crippen LogP contribution in [0.25, 0.3) is 6.08 Å². The number of benzene rings is 3. The van der Waals surface area contributed by atoms with E-state index in [9.17, 15) is 9.59 Å². The summed E-state index contributed by atoms with van der Waals surface area (Å²) in [7, 11) is 0. The number of aliphatic imine (C=N–C) groups is 1. The van der Waals surface area contributed by atoms with Gasteiger partial charge in [0.1, 0.15) is 12.4 Å². The van der Waals surface area contributed by atoms with Crippen molar-refractivity contribution >= 4 is 79.7 Å². The monoisotopic (exact) mass is 576 g/mol. The Kier molecular flexibility index (Phi) is 7.63. The Bertz CT molecular complexity index is 1360. The summed E-state index contributed by atoms with van der Waals surface area (Å²) < 4.78 is 6.51. The van der Waals surface area contributed by atoms with E-state index in [-0.39, 0.29) is 18.1 Å². The van der Waals surface area contributed by atoms with Crippen LogP contribution in [0.3, 0.4) is 0 Å². The Labute approximate surface area is 217 Å². The van der Waals surface area contributed by atoms with Gasteiger partial charge in [0.15, 0.2) is 5.17 Å². The van der Waals surface area contributed by atoms with Gasteiger partial charge < -0.3 is 15.2 Å². The lowest BCUT2D eigenvalue weighted by molar-refractivity contribution is -0.115. The van der Waals surface area contributed by atoms with E-state index in [4.69, 9.17) is 33.0 Å². The van der Waals surface area contributed by atoms with Crippen LogP contribution < -0.4 is 10.1 Å². The van der Waals surface area contributed by atoms with Gasteiger partial charge in [0, 0.05) is 0 Å². The Balaban J connectivity index is 1.46. The third-order valence-electron chi connectivity index (χ3n) is 4.63. The molecule has 1 aliphatic rings. The summed E-state index contributed by atoms with van der Waals surface area (Å²) in [5, 5.41) is 12.9. The zero-order valence-electron chi connectivity index (χ0n) is 17.2. The molecule has 34 heavy (non-hydrogen) atoms. The van der Waals surface area contributed by atoms with Crippen molar-refractivity contribution in [3.05, 3.63) is 96.8 Å². The molecule has 172 valence electrons. The maximum absolute atomic E-state index is 12.4. The number of amidine groups is 1. The molecular formula is C24H15BrCl2N2O4S. The lowest BCUT2D eigenvalue weighted by Gasteiger charge is -2.09. The molecule has 2 N–H and O–H groups in total. The van der Waals surface area contributed by atoms with Crippen molar-refractivity contribution in [2.24, 2.45) is 4.99 Å². The minimum Gasteiger partial charge on any atom is -0.488 e. The molecule has 0 aromatic heterocycles. The van der Waals surface area contributed by atoms with Crippen LogP contribution in [0.5, 0.6) is 5.75 Å². The molecule has 0 aliphatic carbocycles. The van der Waals surface area contributed by atoms with E-state index in [1.165, 1.54) is 17.8 Å². The molecule has 1 heterocycles. The minimum absolute atomic E-state index is 0.204. The number of halogens is 3. The molecular weight excluding hydrogens is 563 g/mol. The number of aromatic carboxylic acids is 1. The number of carboxylic acid groups (broad SMARTS) is 1. The number of carbonyl (C=O) groups is 2. The molecule has 0 radical (unpaired) electrons. The lowest BCUT2D eigenvalue weighted by atomic mass is 10.1. The highest BCUT2D eigenvalue weighted by Gasteiger charge is 2.24. The standard InChI is InChI=1S/C24H15BrCl2N2O4S/c25-16-10-13(7-8-19(16)33-12-14-3-1-4-15(9-14)23(31)32)11-20-22(30)29-24(34-20)28-18-6-2-5-17(26)21(18)27/h1-11H,12H2,(H,31,32)(H,28,29,30)/b20-11+. The number of ether oxygens (including phenoxy) is 1. The predicted octanol–water partition coefficient (Wildman–Crippen LogP) is 6.92. The van der Waals surface area contributed by atoms with Crippen molar-refractivity contribution in [3.8, 4) is 5.75 Å². The third-order valence-corrected chi connectivity index (χ3v) is 6.96. The Hall–Kier alpha value is -2.78. The van der Waals surface area contributed by atoms with Crippen molar-refractivity contribution < 1.29 is 19.4 Å². The van der Waals surface area contributed by atoms with E-state index in [1.807, 2.05) is 12.1 Å². The summed E-state index contributed by atoms with van der Waals surface area (Å²) in [6.07, 6.45) is 1.74. The average molecular weight is 578 g/mol. The van der Waals surface area contributed by atoms with Crippen LogP contribution >= 0.6 is 50.9 Å². The van der Waals surface area contributed by atoms with Gasteiger partial charge in [0.25, 0.3) is 5.91 Å². The number of amides is 1. The first-order valence-corrected chi connectivity index (χ1v) is 12.1. The summed E-state index contributed by atoms with van der Waals surface area (Å²) in [4.78, 5) is 28.4. The van der Waals surface area contributed by atoms with E-state index in [0.29, 0.717) is 36.0 Å². The zero-order valence-corrected chi connectivity index (χ0v) is 21.1. The number of rotatable bonds is 6. The summed E-state index contributed by atoms with van der Waals surface area (Å²) in [6.45, 7) is 0.213. The Morgan fingerprint density at radius 1 is 1.15 bits per heavy atom. The Morgan fingerprint density at radius 3 is 2.71 bits per heavy atom. The largest absolute Gasteiger partial charge is 0.488 e. The van der Waals surface area contributed by atoms with Gasteiger partial charge in [0.05, 0.1) is 30.7 Å². The molecule has 0 bridgehead atoms. The van der Waals surface area contributed by atoms with Crippen molar-refractivity contribution in [2.45, 2.75) is 6.61 Å². The molecule has 1 fully saturated rings. The minimum atomic E-state index is -0.988. The van der Waals surface area contributed by atoms with Crippen LogP contribution in [-0.2, 0) is 11.4 Å². The van der Waals surface area contributed by atoms with Gasteiger partial charge in [-0.25, -0.2) is 9.79 Å². The Morgan fingerprint density at radius 2 is 1.94 bits per heavy atom. The van der Waals surface area contributed by atoms with Crippen LogP contribution in [0.4, 0.5) is 5.69 Å². The van der Waals surface area contributed by atoms with Crippen LogP contribution in [0.15, 0.2) is 75.0 Å². The van der Waals surface area contributed by atoms with E-state index < -0.39 is 5.97 Å². The molecule has 10 heteroatoms. The molecule has 1 aliphatic heterocycles. The number of nitrogens with zero attached hydrogens (tertiary/aromatic N) is 1. The SMILES string of the molecule is O=C1NC(=Nc2cccc(Cl)c2Cl)S/C1=C/c1ccc(OCc2cccc(C(=O)O)c2)c(Br)c1. The van der Waals surface area contributed by atoms with Crippen LogP contribution in [-0.4, -0.2) is 22.2 Å². The fourth-order valence-corrected chi connectivity index (χ4v) is 4.68. The number of carboxylic acids is 1. The number of hydrogen-bond donors (Lipinski definition) is 2. The number of carbonyl (C=O) groups excluding carboxylic acids is 1. The zero-order chi connectivity index (χ0) is 24.2. The van der Waals surface area contributed by atoms with Crippen LogP contribution in [0.1, 0.15) is 21.5 Å². The molecule has 0 atom stereocenters. The highest BCUT2D eigenvalue weighted by Crippen LogP contribution is 2.35. The summed E-state index contributed by atoms with van der Waals surface area (Å²) >= 11 is 16.9. The van der Waals surface area contributed by atoms with Gasteiger partial charge in [0.2, 0.25) is 0 Å². The second kappa shape index (κ2) is 10.7. The summed E-state index contributed by atoms with van der Waals surface area (Å²) in [5.41, 5.74) is 2.20. The normalized spacial score (nSPS) is 15.6. The van der Waals surface area contributed by atoms with Gasteiger partial charge in [-0.1, -0.05) is 47.5 Å². The average Bonchev–Trinajstić information content (AvgIpc) is 3.15. The summed E-state index contributed by atoms with van der Waals surface area (Å²) in [6, 6.07) is 17.1. The van der Waals surface area contributed by atoms with E-state index in [2.05, 4.69) is 26.2 Å². The molecule has 1 amide bonds. The van der Waals surface area contributed by atoms with Gasteiger partial charge >= 0.3 is 5.97 Å². The van der Waals surface area contributed by atoms with E-state index in [1.54, 1.807) is 48.5 Å². The van der Waals surface area contributed by atoms with E-state index in [0.717, 1.165) is 11.1 Å². The van der Waals surface area contributed by atoms with Crippen molar-refractivity contribution in [1.29, 1.82) is 0 Å². The first kappa shape index (κ1) is 24.3. The van der Waals surface area contributed by atoms with Crippen molar-refractivity contribution in [3.63, 3.8) is 0 Å². The first-order valence-electron chi connectivity index (χ1n) is 9.78. The molecule has 0 spiro atoms. The molecule has 1 saturated heterocycles. The van der Waals surface area contributed by atoms with Crippen molar-refractivity contribution in [2.75, 3.05) is 0 Å². The molecule has 3 aromatic carbocycles. The summed E-state index contributed by atoms with van der Waals surface area (Å²) in [5.74, 6) is -0.668. The maximum Gasteiger partial charge on any atom is 0.335 e. The lowest BCUT2D eigenvalue weighted by Crippen LogP contribution is -2.19. The van der Waals surface area contributed by atoms with Gasteiger partial charge in [-0.2, -0.15) is 0 Å². The number of hydrogen-bond acceptors (Lipinski definition) is 5. The predicted molar refractivity (Wildman–Crippen MR) is 139 cm³/mol. The fraction of sp³-hybridized carbons (Fsp3) is 0.0417. The first-order chi connectivity index (χ1) is 16.3. The topological polar surface area (TPSA) is 88.0 Å². The maximum atomic E-state index is 12.4. The molecule has 3 aromatic rings. The van der Waals surface area contributed by atoms with Crippen molar-refractivity contribution in [1.82, 2.24) is 5.32 Å². The fourth-order valence-electron chi connectivity index (χ4n) is 3.00. The molecule has 6 nitrogen and oxygen atoms in total. The van der Waals surface area contributed by atoms with E-state index >= 15 is 0 Å². The molecule has 4 rings (SSSR count). The number of nitrogens with one attached hydrogen (secondary N) is 1.